The normalized spacial score (nSPS) is 18.4. The van der Waals surface area contributed by atoms with E-state index < -0.39 is 5.41 Å². The zero-order valence-corrected chi connectivity index (χ0v) is 15.3. The lowest BCUT2D eigenvalue weighted by Gasteiger charge is -2.29. The third kappa shape index (κ3) is 3.41. The number of nitrogens with zero attached hydrogens (tertiary/aromatic N) is 2. The smallest absolute Gasteiger partial charge is 0.230 e. The Hall–Kier alpha value is -2.11. The standard InChI is InChI=1S/C20H22ClN3O2/c21-17-5-3-16(4-6-17)20(7-8-20)19(25)23-14-15-2-1-9-22-18(15)24-10-12-26-13-11-24/h1-6,9H,7-8,10-14H2,(H,23,25). The maximum absolute atomic E-state index is 12.9. The van der Waals surface area contributed by atoms with Gasteiger partial charge in [-0.05, 0) is 36.6 Å². The molecule has 0 bridgehead atoms. The minimum atomic E-state index is -0.397. The Bertz CT molecular complexity index is 784. The van der Waals surface area contributed by atoms with Crippen molar-refractivity contribution in [3.8, 4) is 0 Å². The maximum atomic E-state index is 12.9. The van der Waals surface area contributed by atoms with Gasteiger partial charge in [-0.1, -0.05) is 29.8 Å². The molecule has 2 aromatic rings. The Balaban J connectivity index is 1.46. The third-order valence-electron chi connectivity index (χ3n) is 5.20. The fraction of sp³-hybridized carbons (Fsp3) is 0.400. The zero-order chi connectivity index (χ0) is 18.0. The van der Waals surface area contributed by atoms with Crippen molar-refractivity contribution < 1.29 is 9.53 Å². The van der Waals surface area contributed by atoms with E-state index in [0.717, 1.165) is 42.9 Å². The number of amides is 1. The van der Waals surface area contributed by atoms with E-state index in [1.807, 2.05) is 36.4 Å². The van der Waals surface area contributed by atoms with E-state index in [9.17, 15) is 4.79 Å². The Kier molecular flexibility index (Phi) is 4.83. The number of morpholine rings is 1. The molecule has 4 rings (SSSR count). The second kappa shape index (κ2) is 7.25. The first-order chi connectivity index (χ1) is 12.7. The zero-order valence-electron chi connectivity index (χ0n) is 14.6. The molecule has 1 aliphatic heterocycles. The van der Waals surface area contributed by atoms with Gasteiger partial charge in [-0.15, -0.1) is 0 Å². The number of benzene rings is 1. The number of hydrogen-bond acceptors (Lipinski definition) is 4. The Labute approximate surface area is 158 Å². The van der Waals surface area contributed by atoms with Crippen LogP contribution >= 0.6 is 11.6 Å². The highest BCUT2D eigenvalue weighted by atomic mass is 35.5. The number of ether oxygens (including phenoxy) is 1. The maximum Gasteiger partial charge on any atom is 0.230 e. The fourth-order valence-electron chi connectivity index (χ4n) is 3.51. The van der Waals surface area contributed by atoms with Crippen molar-refractivity contribution in [1.29, 1.82) is 0 Å². The highest BCUT2D eigenvalue weighted by Gasteiger charge is 2.51. The molecule has 2 heterocycles. The molecular formula is C20H22ClN3O2. The summed E-state index contributed by atoms with van der Waals surface area (Å²) in [5, 5.41) is 3.81. The SMILES string of the molecule is O=C(NCc1cccnc1N1CCOCC1)C1(c2ccc(Cl)cc2)CC1. The van der Waals surface area contributed by atoms with Crippen molar-refractivity contribution in [2.45, 2.75) is 24.8 Å². The van der Waals surface area contributed by atoms with Gasteiger partial charge in [0.1, 0.15) is 5.82 Å². The van der Waals surface area contributed by atoms with Crippen LogP contribution in [-0.2, 0) is 21.5 Å². The van der Waals surface area contributed by atoms with Gasteiger partial charge in [0.2, 0.25) is 5.91 Å². The summed E-state index contributed by atoms with van der Waals surface area (Å²) in [5.41, 5.74) is 1.68. The molecule has 0 radical (unpaired) electrons. The minimum Gasteiger partial charge on any atom is -0.378 e. The van der Waals surface area contributed by atoms with Crippen molar-refractivity contribution in [3.05, 3.63) is 58.7 Å². The lowest BCUT2D eigenvalue weighted by atomic mass is 9.95. The summed E-state index contributed by atoms with van der Waals surface area (Å²) >= 11 is 5.97. The van der Waals surface area contributed by atoms with Crippen molar-refractivity contribution in [3.63, 3.8) is 0 Å². The Morgan fingerprint density at radius 2 is 1.92 bits per heavy atom. The molecule has 1 aromatic carbocycles. The molecule has 26 heavy (non-hydrogen) atoms. The molecule has 0 unspecified atom stereocenters. The van der Waals surface area contributed by atoms with Gasteiger partial charge >= 0.3 is 0 Å². The largest absolute Gasteiger partial charge is 0.378 e. The number of pyridine rings is 1. The molecular weight excluding hydrogens is 350 g/mol. The monoisotopic (exact) mass is 371 g/mol. The molecule has 6 heteroatoms. The summed E-state index contributed by atoms with van der Waals surface area (Å²) in [5.74, 6) is 1.02. The highest BCUT2D eigenvalue weighted by Crippen LogP contribution is 2.48. The van der Waals surface area contributed by atoms with E-state index in [2.05, 4.69) is 15.2 Å². The molecule has 1 aromatic heterocycles. The van der Waals surface area contributed by atoms with Crippen LogP contribution in [-0.4, -0.2) is 37.2 Å². The number of aromatic nitrogens is 1. The number of nitrogens with one attached hydrogen (secondary N) is 1. The summed E-state index contributed by atoms with van der Waals surface area (Å²) in [6.07, 6.45) is 3.56. The number of anilines is 1. The second-order valence-corrected chi connectivity index (χ2v) is 7.29. The van der Waals surface area contributed by atoms with Gasteiger partial charge in [-0.25, -0.2) is 4.98 Å². The molecule has 2 fully saturated rings. The van der Waals surface area contributed by atoms with E-state index in [1.165, 1.54) is 0 Å². The molecule has 0 atom stereocenters. The lowest BCUT2D eigenvalue weighted by Crippen LogP contribution is -2.38. The van der Waals surface area contributed by atoms with Crippen LogP contribution in [0.5, 0.6) is 0 Å². The van der Waals surface area contributed by atoms with Gasteiger partial charge in [0.05, 0.1) is 18.6 Å². The van der Waals surface area contributed by atoms with Crippen LogP contribution < -0.4 is 10.2 Å². The van der Waals surface area contributed by atoms with Gasteiger partial charge in [0.15, 0.2) is 0 Å². The van der Waals surface area contributed by atoms with Gasteiger partial charge in [0.25, 0.3) is 0 Å². The first kappa shape index (κ1) is 17.3. The van der Waals surface area contributed by atoms with E-state index >= 15 is 0 Å². The van der Waals surface area contributed by atoms with Crippen LogP contribution in [0, 0.1) is 0 Å². The summed E-state index contributed by atoms with van der Waals surface area (Å²) < 4.78 is 5.42. The van der Waals surface area contributed by atoms with Crippen molar-refractivity contribution in [2.24, 2.45) is 0 Å². The van der Waals surface area contributed by atoms with Gasteiger partial charge < -0.3 is 15.0 Å². The lowest BCUT2D eigenvalue weighted by molar-refractivity contribution is -0.123. The molecule has 1 saturated heterocycles. The van der Waals surface area contributed by atoms with Crippen LogP contribution in [0.3, 0.4) is 0 Å². The van der Waals surface area contributed by atoms with Crippen molar-refractivity contribution in [2.75, 3.05) is 31.2 Å². The molecule has 136 valence electrons. The number of rotatable bonds is 5. The van der Waals surface area contributed by atoms with Crippen molar-refractivity contribution >= 4 is 23.3 Å². The van der Waals surface area contributed by atoms with Crippen LogP contribution in [0.2, 0.25) is 5.02 Å². The Morgan fingerprint density at radius 1 is 1.19 bits per heavy atom. The molecule has 1 amide bonds. The van der Waals surface area contributed by atoms with Crippen LogP contribution in [0.4, 0.5) is 5.82 Å². The molecule has 1 saturated carbocycles. The first-order valence-corrected chi connectivity index (χ1v) is 9.38. The molecule has 0 spiro atoms. The quantitative estimate of drug-likeness (QED) is 0.878. The number of hydrogen-bond donors (Lipinski definition) is 1. The van der Waals surface area contributed by atoms with Crippen LogP contribution in [0.1, 0.15) is 24.0 Å². The number of carbonyl (C=O) groups excluding carboxylic acids is 1. The Morgan fingerprint density at radius 3 is 2.62 bits per heavy atom. The summed E-state index contributed by atoms with van der Waals surface area (Å²) in [6, 6.07) is 11.6. The topological polar surface area (TPSA) is 54.5 Å². The van der Waals surface area contributed by atoms with E-state index in [-0.39, 0.29) is 5.91 Å². The predicted molar refractivity (Wildman–Crippen MR) is 101 cm³/mol. The van der Waals surface area contributed by atoms with E-state index in [0.29, 0.717) is 24.8 Å². The van der Waals surface area contributed by atoms with Crippen LogP contribution in [0.25, 0.3) is 0 Å². The van der Waals surface area contributed by atoms with E-state index in [4.69, 9.17) is 16.3 Å². The molecule has 1 aliphatic carbocycles. The third-order valence-corrected chi connectivity index (χ3v) is 5.45. The van der Waals surface area contributed by atoms with E-state index in [1.54, 1.807) is 6.20 Å². The van der Waals surface area contributed by atoms with Gasteiger partial charge in [-0.3, -0.25) is 4.79 Å². The second-order valence-electron chi connectivity index (χ2n) is 6.86. The fourth-order valence-corrected chi connectivity index (χ4v) is 3.64. The summed E-state index contributed by atoms with van der Waals surface area (Å²) in [4.78, 5) is 19.6. The predicted octanol–water partition coefficient (Wildman–Crippen LogP) is 2.92. The summed E-state index contributed by atoms with van der Waals surface area (Å²) in [6.45, 7) is 3.55. The van der Waals surface area contributed by atoms with Gasteiger partial charge in [-0.2, -0.15) is 0 Å². The average Bonchev–Trinajstić information content (AvgIpc) is 3.50. The minimum absolute atomic E-state index is 0.0802. The highest BCUT2D eigenvalue weighted by molar-refractivity contribution is 6.30. The molecule has 2 aliphatic rings. The number of carbonyl (C=O) groups is 1. The molecule has 1 N–H and O–H groups in total. The summed E-state index contributed by atoms with van der Waals surface area (Å²) in [7, 11) is 0. The number of halogens is 1. The molecule has 5 nitrogen and oxygen atoms in total. The first-order valence-electron chi connectivity index (χ1n) is 9.00. The van der Waals surface area contributed by atoms with Gasteiger partial charge in [0, 0.05) is 36.4 Å². The average molecular weight is 372 g/mol. The van der Waals surface area contributed by atoms with Crippen molar-refractivity contribution in [1.82, 2.24) is 10.3 Å². The van der Waals surface area contributed by atoms with Crippen LogP contribution in [0.15, 0.2) is 42.6 Å².